The number of ether oxygens (including phenoxy) is 4. The molecule has 3 fully saturated rings. The Morgan fingerprint density at radius 1 is 1.09 bits per heavy atom. The van der Waals surface area contributed by atoms with Crippen molar-refractivity contribution in [2.45, 2.75) is 76.3 Å². The van der Waals surface area contributed by atoms with E-state index in [0.29, 0.717) is 12.0 Å². The third kappa shape index (κ3) is 5.84. The zero-order valence-electron chi connectivity index (χ0n) is 25.0. The van der Waals surface area contributed by atoms with Gasteiger partial charge in [-0.15, -0.1) is 0 Å². The van der Waals surface area contributed by atoms with E-state index in [-0.39, 0.29) is 47.7 Å². The van der Waals surface area contributed by atoms with Crippen molar-refractivity contribution >= 4 is 11.9 Å². The molecule has 11 heteroatoms. The zero-order valence-corrected chi connectivity index (χ0v) is 25.0. The van der Waals surface area contributed by atoms with Gasteiger partial charge in [-0.2, -0.15) is 0 Å². The first-order valence-corrected chi connectivity index (χ1v) is 15.0. The van der Waals surface area contributed by atoms with Crippen LogP contribution in [0.4, 0.5) is 0 Å². The monoisotopic (exact) mass is 614 g/mol. The van der Waals surface area contributed by atoms with Gasteiger partial charge in [0.25, 0.3) is 0 Å². The fraction of sp³-hybridized carbons (Fsp3) is 0.576. The molecule has 4 aliphatic rings. The first kappa shape index (κ1) is 32.3. The predicted molar refractivity (Wildman–Crippen MR) is 156 cm³/mol. The fourth-order valence-electron chi connectivity index (χ4n) is 7.54. The number of aliphatic hydroxyl groups is 5. The van der Waals surface area contributed by atoms with E-state index in [1.165, 1.54) is 24.3 Å². The van der Waals surface area contributed by atoms with E-state index in [0.717, 1.165) is 24.8 Å². The second kappa shape index (κ2) is 12.7. The minimum atomic E-state index is -1.57. The summed E-state index contributed by atoms with van der Waals surface area (Å²) in [7, 11) is 0. The second-order valence-electron chi connectivity index (χ2n) is 12.8. The zero-order chi connectivity index (χ0) is 31.8. The number of esters is 2. The Bertz CT molecular complexity index is 1300. The maximum Gasteiger partial charge on any atom is 0.338 e. The lowest BCUT2D eigenvalue weighted by molar-refractivity contribution is -0.277. The average molecular weight is 615 g/mol. The number of hydrogen-bond acceptors (Lipinski definition) is 11. The molecule has 2 saturated carbocycles. The van der Waals surface area contributed by atoms with E-state index in [4.69, 9.17) is 18.9 Å². The number of allylic oxidation sites excluding steroid dienone is 2. The van der Waals surface area contributed by atoms with Crippen LogP contribution in [0.25, 0.3) is 0 Å². The highest BCUT2D eigenvalue weighted by atomic mass is 16.7. The van der Waals surface area contributed by atoms with Crippen molar-refractivity contribution in [3.63, 3.8) is 0 Å². The maximum atomic E-state index is 13.3. The van der Waals surface area contributed by atoms with E-state index in [1.807, 2.05) is 19.1 Å². The van der Waals surface area contributed by atoms with Gasteiger partial charge in [0.1, 0.15) is 42.9 Å². The molecular formula is C33H42O11. The van der Waals surface area contributed by atoms with Gasteiger partial charge in [0, 0.05) is 11.3 Å². The molecule has 2 heterocycles. The normalized spacial score (nSPS) is 39.0. The van der Waals surface area contributed by atoms with Crippen molar-refractivity contribution in [3.8, 4) is 5.75 Å². The van der Waals surface area contributed by atoms with Gasteiger partial charge < -0.3 is 44.5 Å². The van der Waals surface area contributed by atoms with E-state index in [9.17, 15) is 35.1 Å². The van der Waals surface area contributed by atoms with Crippen LogP contribution in [0.15, 0.2) is 60.2 Å². The summed E-state index contributed by atoms with van der Waals surface area (Å²) >= 11 is 0. The molecule has 2 aliphatic carbocycles. The number of fused-ring (bicyclic) bond motifs is 1. The summed E-state index contributed by atoms with van der Waals surface area (Å²) in [6.45, 7) is 8.02. The first-order valence-electron chi connectivity index (χ1n) is 15.0. The van der Waals surface area contributed by atoms with Gasteiger partial charge in [0.2, 0.25) is 6.29 Å². The van der Waals surface area contributed by atoms with Crippen molar-refractivity contribution in [2.75, 3.05) is 19.8 Å². The number of carbonyl (C=O) groups is 2. The molecule has 10 atom stereocenters. The summed E-state index contributed by atoms with van der Waals surface area (Å²) in [5, 5.41) is 50.3. The Morgan fingerprint density at radius 2 is 1.82 bits per heavy atom. The number of hydrogen-bond donors (Lipinski definition) is 5. The Hall–Kier alpha value is -3.06. The highest BCUT2D eigenvalue weighted by molar-refractivity contribution is 5.93. The minimum absolute atomic E-state index is 0.0190. The van der Waals surface area contributed by atoms with Crippen molar-refractivity contribution in [3.05, 3.63) is 65.8 Å². The van der Waals surface area contributed by atoms with E-state index in [2.05, 4.69) is 13.5 Å². The lowest BCUT2D eigenvalue weighted by Crippen LogP contribution is -2.60. The molecule has 1 aromatic rings. The molecule has 240 valence electrons. The van der Waals surface area contributed by atoms with Gasteiger partial charge in [-0.05, 0) is 67.4 Å². The summed E-state index contributed by atoms with van der Waals surface area (Å²) in [4.78, 5) is 25.3. The maximum absolute atomic E-state index is 13.3. The van der Waals surface area contributed by atoms with E-state index < -0.39 is 54.8 Å². The molecule has 5 N–H and O–H groups in total. The van der Waals surface area contributed by atoms with Crippen LogP contribution in [-0.2, 0) is 19.0 Å². The Labute approximate surface area is 256 Å². The molecule has 10 unspecified atom stereocenters. The summed E-state index contributed by atoms with van der Waals surface area (Å²) in [6.07, 6.45) is 0.788. The topological polar surface area (TPSA) is 172 Å². The van der Waals surface area contributed by atoms with Crippen LogP contribution in [0.1, 0.15) is 49.9 Å². The van der Waals surface area contributed by atoms with Gasteiger partial charge in [0.15, 0.2) is 0 Å². The molecule has 0 amide bonds. The highest BCUT2D eigenvalue weighted by Crippen LogP contribution is 2.61. The molecule has 0 bridgehead atoms. The van der Waals surface area contributed by atoms with Gasteiger partial charge in [-0.25, -0.2) is 9.59 Å². The number of benzene rings is 1. The van der Waals surface area contributed by atoms with Gasteiger partial charge >= 0.3 is 11.9 Å². The molecule has 2 aliphatic heterocycles. The predicted octanol–water partition coefficient (Wildman–Crippen LogP) is 1.81. The van der Waals surface area contributed by atoms with Crippen LogP contribution in [0.3, 0.4) is 0 Å². The largest absolute Gasteiger partial charge is 0.462 e. The van der Waals surface area contributed by atoms with Crippen molar-refractivity contribution in [1.82, 2.24) is 0 Å². The fourth-order valence-corrected chi connectivity index (χ4v) is 7.54. The van der Waals surface area contributed by atoms with Crippen LogP contribution in [0, 0.1) is 22.7 Å². The van der Waals surface area contributed by atoms with E-state index >= 15 is 0 Å². The first-order chi connectivity index (χ1) is 20.9. The number of cyclic esters (lactones) is 1. The van der Waals surface area contributed by atoms with Crippen molar-refractivity contribution in [2.24, 2.45) is 22.7 Å². The van der Waals surface area contributed by atoms with Gasteiger partial charge in [-0.3, -0.25) is 0 Å². The van der Waals surface area contributed by atoms with Crippen LogP contribution in [0.5, 0.6) is 5.75 Å². The third-order valence-corrected chi connectivity index (χ3v) is 10.2. The molecular weight excluding hydrogens is 572 g/mol. The lowest BCUT2D eigenvalue weighted by Gasteiger charge is -2.59. The Kier molecular flexibility index (Phi) is 9.36. The molecule has 0 aromatic heterocycles. The molecule has 5 rings (SSSR count). The highest BCUT2D eigenvalue weighted by Gasteiger charge is 2.58. The Balaban J connectivity index is 1.27. The quantitative estimate of drug-likeness (QED) is 0.214. The van der Waals surface area contributed by atoms with Crippen LogP contribution < -0.4 is 4.74 Å². The SMILES string of the molecule is C=C1CCC2C(C)(CO)C(OC(=O)c3ccc(OC4OC(CO)C(O)C(O)C4O)cc3)CCC2(C)C1/C=C/C1=CCOC1=O. The molecule has 0 spiro atoms. The van der Waals surface area contributed by atoms with Crippen LogP contribution >= 0.6 is 0 Å². The van der Waals surface area contributed by atoms with Crippen LogP contribution in [-0.4, -0.2) is 94.1 Å². The molecule has 0 radical (unpaired) electrons. The van der Waals surface area contributed by atoms with Gasteiger partial charge in [-0.1, -0.05) is 38.2 Å². The summed E-state index contributed by atoms with van der Waals surface area (Å²) in [6, 6.07) is 5.97. The molecule has 44 heavy (non-hydrogen) atoms. The van der Waals surface area contributed by atoms with Crippen molar-refractivity contribution in [1.29, 1.82) is 0 Å². The molecule has 1 saturated heterocycles. The molecule has 1 aromatic carbocycles. The number of rotatable bonds is 8. The minimum Gasteiger partial charge on any atom is -0.462 e. The summed E-state index contributed by atoms with van der Waals surface area (Å²) in [5.74, 6) is -0.669. The third-order valence-electron chi connectivity index (χ3n) is 10.2. The average Bonchev–Trinajstić information content (AvgIpc) is 3.43. The summed E-state index contributed by atoms with van der Waals surface area (Å²) < 4.78 is 22.1. The summed E-state index contributed by atoms with van der Waals surface area (Å²) in [5.41, 5.74) is 0.884. The number of aliphatic hydroxyl groups excluding tert-OH is 5. The molecule has 11 nitrogen and oxygen atoms in total. The second-order valence-corrected chi connectivity index (χ2v) is 12.8. The van der Waals surface area contributed by atoms with Gasteiger partial charge in [0.05, 0.1) is 24.4 Å². The van der Waals surface area contributed by atoms with Crippen molar-refractivity contribution < 1.29 is 54.1 Å². The van der Waals surface area contributed by atoms with Crippen LogP contribution in [0.2, 0.25) is 0 Å². The standard InChI is InChI=1S/C33H42O11/c1-18-4-11-24-32(2,22(18)10-7-20-13-15-41-29(20)39)14-12-25(33(24,3)17-35)44-30(40)19-5-8-21(9-6-19)42-31-28(38)27(37)26(36)23(16-34)43-31/h5-10,13,22-28,31,34-38H,1,4,11-12,14-17H2,2-3H3/b10-7+. The smallest absolute Gasteiger partial charge is 0.338 e. The Morgan fingerprint density at radius 3 is 2.45 bits per heavy atom. The number of carbonyl (C=O) groups excluding carboxylic acids is 2. The lowest BCUT2D eigenvalue weighted by atomic mass is 9.46. The van der Waals surface area contributed by atoms with E-state index in [1.54, 1.807) is 6.08 Å².